The fraction of sp³-hybridized carbons (Fsp3) is 0.0833. The lowest BCUT2D eigenvalue weighted by Crippen LogP contribution is -1.82. The van der Waals surface area contributed by atoms with Crippen molar-refractivity contribution >= 4 is 22.6 Å². The van der Waals surface area contributed by atoms with Gasteiger partial charge in [0.15, 0.2) is 0 Å². The predicted molar refractivity (Wildman–Crippen MR) is 67.4 cm³/mol. The van der Waals surface area contributed by atoms with E-state index in [9.17, 15) is 0 Å². The number of alkyl halides is 1. The van der Waals surface area contributed by atoms with Crippen molar-refractivity contribution in [1.29, 1.82) is 0 Å². The minimum Gasteiger partial charge on any atom is -0.256 e. The highest BCUT2D eigenvalue weighted by Crippen LogP contribution is 2.17. The summed E-state index contributed by atoms with van der Waals surface area (Å²) in [6.45, 7) is 0. The van der Waals surface area contributed by atoms with Crippen molar-refractivity contribution in [2.45, 2.75) is 4.43 Å². The van der Waals surface area contributed by atoms with Crippen LogP contribution < -0.4 is 0 Å². The number of rotatable bonds is 2. The first kappa shape index (κ1) is 9.65. The lowest BCUT2D eigenvalue weighted by atomic mass is 10.1. The minimum atomic E-state index is 1.03. The number of pyridine rings is 1. The largest absolute Gasteiger partial charge is 0.256 e. The second-order valence-corrected chi connectivity index (χ2v) is 3.81. The van der Waals surface area contributed by atoms with Crippen LogP contribution >= 0.6 is 22.6 Å². The summed E-state index contributed by atoms with van der Waals surface area (Å²) in [7, 11) is 0. The van der Waals surface area contributed by atoms with Gasteiger partial charge in [-0.2, -0.15) is 0 Å². The van der Waals surface area contributed by atoms with E-state index in [1.165, 1.54) is 11.1 Å². The molecule has 0 fully saturated rings. The monoisotopic (exact) mass is 295 g/mol. The van der Waals surface area contributed by atoms with Gasteiger partial charge in [-0.05, 0) is 17.7 Å². The first-order valence-electron chi connectivity index (χ1n) is 4.46. The summed E-state index contributed by atoms with van der Waals surface area (Å²) in [6.07, 6.45) is 1.82. The molecule has 0 aliphatic carbocycles. The van der Waals surface area contributed by atoms with Crippen LogP contribution in [0.2, 0.25) is 0 Å². The predicted octanol–water partition coefficient (Wildman–Crippen LogP) is 3.68. The molecule has 0 saturated carbocycles. The van der Waals surface area contributed by atoms with Gasteiger partial charge in [-0.3, -0.25) is 4.98 Å². The molecule has 0 spiro atoms. The average Bonchev–Trinajstić information content (AvgIpc) is 2.30. The molecule has 0 bridgehead atoms. The van der Waals surface area contributed by atoms with Crippen LogP contribution in [0.15, 0.2) is 48.7 Å². The molecule has 0 aliphatic heterocycles. The normalized spacial score (nSPS) is 10.1. The van der Waals surface area contributed by atoms with Gasteiger partial charge in [0.05, 0.1) is 5.69 Å². The molecule has 14 heavy (non-hydrogen) atoms. The summed E-state index contributed by atoms with van der Waals surface area (Å²) in [5.74, 6) is 0. The molecule has 1 heterocycles. The van der Waals surface area contributed by atoms with Crippen molar-refractivity contribution in [2.24, 2.45) is 0 Å². The summed E-state index contributed by atoms with van der Waals surface area (Å²) >= 11 is 2.36. The van der Waals surface area contributed by atoms with Crippen LogP contribution in [0.4, 0.5) is 0 Å². The third-order valence-electron chi connectivity index (χ3n) is 2.07. The van der Waals surface area contributed by atoms with Crippen molar-refractivity contribution in [3.05, 3.63) is 54.2 Å². The second kappa shape index (κ2) is 4.55. The average molecular weight is 295 g/mol. The SMILES string of the molecule is ICc1ccc(-c2ccccn2)cc1. The van der Waals surface area contributed by atoms with E-state index in [0.717, 1.165) is 10.1 Å². The Morgan fingerprint density at radius 2 is 1.79 bits per heavy atom. The van der Waals surface area contributed by atoms with Gasteiger partial charge in [0.25, 0.3) is 0 Å². The number of hydrogen-bond donors (Lipinski definition) is 0. The van der Waals surface area contributed by atoms with Gasteiger partial charge in [-0.1, -0.05) is 52.9 Å². The topological polar surface area (TPSA) is 12.9 Å². The molecule has 1 nitrogen and oxygen atoms in total. The maximum atomic E-state index is 4.30. The van der Waals surface area contributed by atoms with Crippen molar-refractivity contribution in [1.82, 2.24) is 4.98 Å². The maximum absolute atomic E-state index is 4.30. The quantitative estimate of drug-likeness (QED) is 0.608. The summed E-state index contributed by atoms with van der Waals surface area (Å²) in [6, 6.07) is 14.5. The minimum absolute atomic E-state index is 1.03. The van der Waals surface area contributed by atoms with Crippen LogP contribution in [-0.4, -0.2) is 4.98 Å². The smallest absolute Gasteiger partial charge is 0.0701 e. The molecule has 1 aromatic carbocycles. The Balaban J connectivity index is 2.34. The van der Waals surface area contributed by atoms with Gasteiger partial charge in [0.1, 0.15) is 0 Å². The molecule has 0 N–H and O–H groups in total. The van der Waals surface area contributed by atoms with Gasteiger partial charge >= 0.3 is 0 Å². The summed E-state index contributed by atoms with van der Waals surface area (Å²) in [4.78, 5) is 4.30. The third kappa shape index (κ3) is 2.12. The van der Waals surface area contributed by atoms with Gasteiger partial charge in [-0.15, -0.1) is 0 Å². The second-order valence-electron chi connectivity index (χ2n) is 3.05. The van der Waals surface area contributed by atoms with Crippen LogP contribution in [0.3, 0.4) is 0 Å². The van der Waals surface area contributed by atoms with E-state index in [1.54, 1.807) is 0 Å². The molecule has 2 aromatic rings. The zero-order chi connectivity index (χ0) is 9.80. The number of benzene rings is 1. The van der Waals surface area contributed by atoms with E-state index in [-0.39, 0.29) is 0 Å². The molecular formula is C12H10IN. The Bertz CT molecular complexity index is 394. The molecule has 0 amide bonds. The van der Waals surface area contributed by atoms with E-state index in [1.807, 2.05) is 24.4 Å². The zero-order valence-corrected chi connectivity index (χ0v) is 9.81. The summed E-state index contributed by atoms with van der Waals surface area (Å²) in [5.41, 5.74) is 3.57. The van der Waals surface area contributed by atoms with E-state index < -0.39 is 0 Å². The standard InChI is InChI=1S/C12H10IN/c13-9-10-4-6-11(7-5-10)12-3-1-2-8-14-12/h1-8H,9H2. The molecule has 2 heteroatoms. The molecule has 0 unspecified atom stereocenters. The maximum Gasteiger partial charge on any atom is 0.0701 e. The first-order chi connectivity index (χ1) is 6.90. The Hall–Kier alpha value is -0.900. The van der Waals surface area contributed by atoms with Crippen LogP contribution in [-0.2, 0) is 4.43 Å². The van der Waals surface area contributed by atoms with E-state index in [4.69, 9.17) is 0 Å². The third-order valence-corrected chi connectivity index (χ3v) is 2.95. The van der Waals surface area contributed by atoms with Crippen molar-refractivity contribution < 1.29 is 0 Å². The molecular weight excluding hydrogens is 285 g/mol. The van der Waals surface area contributed by atoms with Crippen molar-refractivity contribution in [3.8, 4) is 11.3 Å². The number of hydrogen-bond acceptors (Lipinski definition) is 1. The zero-order valence-electron chi connectivity index (χ0n) is 7.65. The van der Waals surface area contributed by atoms with Crippen molar-refractivity contribution in [2.75, 3.05) is 0 Å². The first-order valence-corrected chi connectivity index (χ1v) is 5.99. The molecule has 2 rings (SSSR count). The van der Waals surface area contributed by atoms with E-state index in [0.29, 0.717) is 0 Å². The number of aromatic nitrogens is 1. The van der Waals surface area contributed by atoms with E-state index >= 15 is 0 Å². The Kier molecular flexibility index (Phi) is 3.14. The highest BCUT2D eigenvalue weighted by atomic mass is 127. The lowest BCUT2D eigenvalue weighted by Gasteiger charge is -2.00. The molecule has 0 aliphatic rings. The number of halogens is 1. The fourth-order valence-corrected chi connectivity index (χ4v) is 1.81. The Morgan fingerprint density at radius 3 is 2.36 bits per heavy atom. The molecule has 0 radical (unpaired) electrons. The van der Waals surface area contributed by atoms with E-state index in [2.05, 4.69) is 51.8 Å². The Morgan fingerprint density at radius 1 is 1.00 bits per heavy atom. The van der Waals surface area contributed by atoms with Gasteiger partial charge in [0.2, 0.25) is 0 Å². The molecule has 0 atom stereocenters. The van der Waals surface area contributed by atoms with Crippen molar-refractivity contribution in [3.63, 3.8) is 0 Å². The highest BCUT2D eigenvalue weighted by Gasteiger charge is 1.96. The lowest BCUT2D eigenvalue weighted by molar-refractivity contribution is 1.32. The summed E-state index contributed by atoms with van der Waals surface area (Å²) in [5, 5.41) is 0. The van der Waals surface area contributed by atoms with Crippen LogP contribution in [0, 0.1) is 0 Å². The van der Waals surface area contributed by atoms with Crippen LogP contribution in [0.1, 0.15) is 5.56 Å². The highest BCUT2D eigenvalue weighted by molar-refractivity contribution is 14.1. The van der Waals surface area contributed by atoms with Crippen LogP contribution in [0.5, 0.6) is 0 Å². The van der Waals surface area contributed by atoms with Gasteiger partial charge < -0.3 is 0 Å². The molecule has 70 valence electrons. The summed E-state index contributed by atoms with van der Waals surface area (Å²) < 4.78 is 1.06. The fourth-order valence-electron chi connectivity index (χ4n) is 1.30. The molecule has 1 aromatic heterocycles. The molecule has 0 saturated heterocycles. The van der Waals surface area contributed by atoms with Gasteiger partial charge in [-0.25, -0.2) is 0 Å². The van der Waals surface area contributed by atoms with Gasteiger partial charge in [0, 0.05) is 16.2 Å². The number of nitrogens with zero attached hydrogens (tertiary/aromatic N) is 1. The van der Waals surface area contributed by atoms with Crippen LogP contribution in [0.25, 0.3) is 11.3 Å². The Labute approximate surface area is 97.3 Å².